The lowest BCUT2D eigenvalue weighted by Gasteiger charge is -2.28. The molecule has 24 heavy (non-hydrogen) atoms. The van der Waals surface area contributed by atoms with Gasteiger partial charge in [0.05, 0.1) is 17.0 Å². The molecule has 3 rings (SSSR count). The largest absolute Gasteiger partial charge is 0.481 e. The Morgan fingerprint density at radius 1 is 1.12 bits per heavy atom. The van der Waals surface area contributed by atoms with E-state index in [4.69, 9.17) is 5.11 Å². The molecule has 7 nitrogen and oxygen atoms in total. The lowest BCUT2D eigenvalue weighted by Crippen LogP contribution is -2.43. The molecule has 1 aromatic carbocycles. The smallest absolute Gasteiger partial charge is 0.306 e. The molecule has 0 atom stereocenters. The summed E-state index contributed by atoms with van der Waals surface area (Å²) in [6, 6.07) is 8.28. The molecule has 0 saturated carbocycles. The second-order valence-electron chi connectivity index (χ2n) is 5.68. The monoisotopic (exact) mass is 348 g/mol. The number of hydrogen-bond acceptors (Lipinski definition) is 5. The normalized spacial score (nSPS) is 17.0. The molecule has 0 aliphatic carbocycles. The fourth-order valence-corrected chi connectivity index (χ4v) is 4.24. The number of carbonyl (C=O) groups excluding carboxylic acids is 1. The summed E-state index contributed by atoms with van der Waals surface area (Å²) in [7, 11) is -4.19. The van der Waals surface area contributed by atoms with E-state index in [0.29, 0.717) is 10.9 Å². The van der Waals surface area contributed by atoms with Crippen LogP contribution in [-0.2, 0) is 14.8 Å². The van der Waals surface area contributed by atoms with E-state index in [0.717, 1.165) is 4.31 Å². The van der Waals surface area contributed by atoms with Crippen LogP contribution in [0.2, 0.25) is 0 Å². The highest BCUT2D eigenvalue weighted by atomic mass is 32.2. The summed E-state index contributed by atoms with van der Waals surface area (Å²) in [5.74, 6) is -1.50. The van der Waals surface area contributed by atoms with Crippen LogP contribution in [0, 0.1) is 5.92 Å². The van der Waals surface area contributed by atoms with Gasteiger partial charge in [0.1, 0.15) is 0 Å². The van der Waals surface area contributed by atoms with Crippen molar-refractivity contribution in [3.8, 4) is 0 Å². The minimum Gasteiger partial charge on any atom is -0.481 e. The first-order chi connectivity index (χ1) is 11.4. The van der Waals surface area contributed by atoms with Crippen molar-refractivity contribution in [1.82, 2.24) is 9.29 Å². The second kappa shape index (κ2) is 6.29. The lowest BCUT2D eigenvalue weighted by molar-refractivity contribution is -0.142. The highest BCUT2D eigenvalue weighted by molar-refractivity contribution is 8.04. The molecule has 1 aliphatic heterocycles. The van der Waals surface area contributed by atoms with Gasteiger partial charge in [0.15, 0.2) is 0 Å². The third-order valence-electron chi connectivity index (χ3n) is 4.23. The van der Waals surface area contributed by atoms with Crippen LogP contribution in [-0.4, -0.2) is 47.0 Å². The van der Waals surface area contributed by atoms with Crippen LogP contribution in [0.1, 0.15) is 23.2 Å². The van der Waals surface area contributed by atoms with Crippen LogP contribution >= 0.6 is 0 Å². The Balaban J connectivity index is 1.90. The average molecular weight is 348 g/mol. The van der Waals surface area contributed by atoms with Crippen LogP contribution < -0.4 is 0 Å². The Bertz CT molecular complexity index is 896. The molecule has 0 bridgehead atoms. The third kappa shape index (κ3) is 2.90. The topological polar surface area (TPSA) is 105 Å². The lowest BCUT2D eigenvalue weighted by atomic mass is 9.99. The molecule has 0 spiro atoms. The van der Waals surface area contributed by atoms with Crippen LogP contribution in [0.15, 0.2) is 36.5 Å². The maximum absolute atomic E-state index is 12.6. The zero-order chi connectivity index (χ0) is 17.3. The molecule has 0 radical (unpaired) electrons. The summed E-state index contributed by atoms with van der Waals surface area (Å²) in [6.45, 7) is 0.0620. The Labute approximate surface area is 139 Å². The van der Waals surface area contributed by atoms with Crippen LogP contribution in [0.5, 0.6) is 0 Å². The third-order valence-corrected chi connectivity index (χ3v) is 5.96. The fourth-order valence-electron chi connectivity index (χ4n) is 2.87. The number of pyridine rings is 1. The fraction of sp³-hybridized carbons (Fsp3) is 0.312. The number of aliphatic carboxylic acids is 1. The number of aromatic nitrogens is 1. The van der Waals surface area contributed by atoms with Gasteiger partial charge in [-0.05, 0) is 25.0 Å². The molecule has 2 heterocycles. The highest BCUT2D eigenvalue weighted by Gasteiger charge is 2.36. The zero-order valence-electron chi connectivity index (χ0n) is 12.8. The summed E-state index contributed by atoms with van der Waals surface area (Å²) < 4.78 is 26.3. The zero-order valence-corrected chi connectivity index (χ0v) is 13.6. The van der Waals surface area contributed by atoms with Crippen molar-refractivity contribution in [2.24, 2.45) is 5.92 Å². The molecule has 0 unspecified atom stereocenters. The SMILES string of the molecule is O=C(O)C1CCN(S(=O)(=O)C(=O)c2cccc3cccnc23)CC1. The van der Waals surface area contributed by atoms with Crippen molar-refractivity contribution < 1.29 is 23.1 Å². The maximum atomic E-state index is 12.6. The first-order valence-corrected chi connectivity index (χ1v) is 8.96. The van der Waals surface area contributed by atoms with Gasteiger partial charge < -0.3 is 5.11 Å². The summed E-state index contributed by atoms with van der Waals surface area (Å²) >= 11 is 0. The number of carboxylic acids is 1. The quantitative estimate of drug-likeness (QED) is 0.901. The van der Waals surface area contributed by atoms with Crippen molar-refractivity contribution in [1.29, 1.82) is 0 Å². The number of hydrogen-bond donors (Lipinski definition) is 1. The average Bonchev–Trinajstić information content (AvgIpc) is 2.60. The van der Waals surface area contributed by atoms with Gasteiger partial charge in [-0.3, -0.25) is 14.6 Å². The molecule has 1 aromatic heterocycles. The van der Waals surface area contributed by atoms with E-state index >= 15 is 0 Å². The van der Waals surface area contributed by atoms with Crippen molar-refractivity contribution in [2.45, 2.75) is 12.8 Å². The van der Waals surface area contributed by atoms with Gasteiger partial charge in [0.2, 0.25) is 0 Å². The van der Waals surface area contributed by atoms with E-state index in [1.54, 1.807) is 24.3 Å². The predicted octanol–water partition coefficient (Wildman–Crippen LogP) is 1.50. The van der Waals surface area contributed by atoms with E-state index in [1.807, 2.05) is 0 Å². The van der Waals surface area contributed by atoms with Gasteiger partial charge in [-0.15, -0.1) is 0 Å². The maximum Gasteiger partial charge on any atom is 0.306 e. The standard InChI is InChI=1S/C16H16N2O5S/c19-15(20)12-6-9-18(10-7-12)24(22,23)16(21)13-5-1-3-11-4-2-8-17-14(11)13/h1-5,8,12H,6-7,9-10H2,(H,19,20). The van der Waals surface area contributed by atoms with Crippen LogP contribution in [0.3, 0.4) is 0 Å². The molecule has 126 valence electrons. The molecule has 1 saturated heterocycles. The van der Waals surface area contributed by atoms with E-state index < -0.39 is 27.0 Å². The first kappa shape index (κ1) is 16.5. The number of nitrogens with zero attached hydrogens (tertiary/aromatic N) is 2. The van der Waals surface area contributed by atoms with E-state index in [9.17, 15) is 18.0 Å². The Morgan fingerprint density at radius 2 is 1.79 bits per heavy atom. The molecule has 1 aliphatic rings. The summed E-state index contributed by atoms with van der Waals surface area (Å²) in [5.41, 5.74) is 0.377. The van der Waals surface area contributed by atoms with E-state index in [2.05, 4.69) is 4.98 Å². The Hall–Kier alpha value is -2.32. The van der Waals surface area contributed by atoms with Crippen molar-refractivity contribution in [2.75, 3.05) is 13.1 Å². The second-order valence-corrected chi connectivity index (χ2v) is 7.52. The van der Waals surface area contributed by atoms with Crippen LogP contribution in [0.25, 0.3) is 10.9 Å². The molecule has 1 fully saturated rings. The molecule has 0 amide bonds. The summed E-state index contributed by atoms with van der Waals surface area (Å²) in [4.78, 5) is 27.7. The van der Waals surface area contributed by atoms with Crippen LogP contribution in [0.4, 0.5) is 0 Å². The Morgan fingerprint density at radius 3 is 2.46 bits per heavy atom. The molecule has 8 heteroatoms. The number of fused-ring (bicyclic) bond motifs is 1. The predicted molar refractivity (Wildman–Crippen MR) is 86.9 cm³/mol. The highest BCUT2D eigenvalue weighted by Crippen LogP contribution is 2.24. The molecule has 1 N–H and O–H groups in total. The van der Waals surface area contributed by atoms with Gasteiger partial charge in [-0.1, -0.05) is 18.2 Å². The van der Waals surface area contributed by atoms with Crippen molar-refractivity contribution >= 4 is 32.0 Å². The number of carbonyl (C=O) groups is 2. The Kier molecular flexibility index (Phi) is 4.33. The minimum atomic E-state index is -4.19. The van der Waals surface area contributed by atoms with Gasteiger partial charge in [0, 0.05) is 24.7 Å². The van der Waals surface area contributed by atoms with Gasteiger partial charge >= 0.3 is 5.97 Å². The number of piperidine rings is 1. The van der Waals surface area contributed by atoms with Gasteiger partial charge in [-0.25, -0.2) is 8.42 Å². The van der Waals surface area contributed by atoms with Crippen molar-refractivity contribution in [3.05, 3.63) is 42.1 Å². The molecule has 2 aromatic rings. The number of para-hydroxylation sites is 1. The van der Waals surface area contributed by atoms with Crippen molar-refractivity contribution in [3.63, 3.8) is 0 Å². The van der Waals surface area contributed by atoms with Gasteiger partial charge in [-0.2, -0.15) is 4.31 Å². The number of sulfonamides is 1. The van der Waals surface area contributed by atoms with E-state index in [-0.39, 0.29) is 31.5 Å². The number of benzene rings is 1. The number of rotatable bonds is 3. The minimum absolute atomic E-state index is 0.0310. The van der Waals surface area contributed by atoms with E-state index in [1.165, 1.54) is 12.3 Å². The number of carboxylic acid groups (broad SMARTS) is 1. The first-order valence-electron chi connectivity index (χ1n) is 7.52. The molecular formula is C16H16N2O5S. The van der Waals surface area contributed by atoms with Gasteiger partial charge in [0.25, 0.3) is 15.1 Å². The summed E-state index contributed by atoms with van der Waals surface area (Å²) in [6.07, 6.45) is 1.91. The summed E-state index contributed by atoms with van der Waals surface area (Å²) in [5, 5.41) is 8.67. The molecular weight excluding hydrogens is 332 g/mol.